The fraction of sp³-hybridized carbons (Fsp3) is 0.400. The number of nitrogens with zero attached hydrogens (tertiary/aromatic N) is 1. The van der Waals surface area contributed by atoms with Gasteiger partial charge in [-0.3, -0.25) is 9.59 Å². The molecule has 2 atom stereocenters. The number of fused-ring (bicyclic) bond motifs is 1. The van der Waals surface area contributed by atoms with Crippen molar-refractivity contribution in [2.45, 2.75) is 26.0 Å². The van der Waals surface area contributed by atoms with E-state index in [2.05, 4.69) is 10.3 Å². The van der Waals surface area contributed by atoms with Crippen molar-refractivity contribution < 1.29 is 14.3 Å². The van der Waals surface area contributed by atoms with Crippen LogP contribution in [-0.4, -0.2) is 29.3 Å². The van der Waals surface area contributed by atoms with E-state index < -0.39 is 0 Å². The summed E-state index contributed by atoms with van der Waals surface area (Å²) >= 11 is 1.52. The number of rotatable bonds is 4. The predicted octanol–water partition coefficient (Wildman–Crippen LogP) is 1.91. The van der Waals surface area contributed by atoms with Gasteiger partial charge in [0.2, 0.25) is 0 Å². The topological polar surface area (TPSA) is 68.3 Å². The highest BCUT2D eigenvalue weighted by molar-refractivity contribution is 7.18. The van der Waals surface area contributed by atoms with Crippen LogP contribution in [0.25, 0.3) is 10.2 Å². The lowest BCUT2D eigenvalue weighted by Crippen LogP contribution is -2.32. The summed E-state index contributed by atoms with van der Waals surface area (Å²) in [6.45, 7) is 2.29. The number of hydrogen-bond donors (Lipinski definition) is 1. The van der Waals surface area contributed by atoms with Crippen molar-refractivity contribution in [3.63, 3.8) is 0 Å². The average Bonchev–Trinajstić information content (AvgIpc) is 3.11. The molecule has 1 aromatic heterocycles. The smallest absolute Gasteiger partial charge is 0.323 e. The van der Waals surface area contributed by atoms with Gasteiger partial charge in [0.05, 0.1) is 10.2 Å². The number of carbonyl (C=O) groups excluding carboxylic acids is 2. The van der Waals surface area contributed by atoms with Crippen LogP contribution in [-0.2, 0) is 20.9 Å². The third-order valence-electron chi connectivity index (χ3n) is 3.67. The first-order chi connectivity index (χ1) is 10.1. The molecule has 1 saturated heterocycles. The van der Waals surface area contributed by atoms with Gasteiger partial charge in [0.1, 0.15) is 23.4 Å². The molecule has 1 fully saturated rings. The molecule has 1 aliphatic rings. The van der Waals surface area contributed by atoms with Crippen LogP contribution in [0.2, 0.25) is 0 Å². The van der Waals surface area contributed by atoms with Crippen LogP contribution in [0, 0.1) is 5.92 Å². The molecule has 0 aliphatic carbocycles. The third kappa shape index (κ3) is 3.11. The summed E-state index contributed by atoms with van der Waals surface area (Å²) in [5.41, 5.74) is 0.921. The summed E-state index contributed by atoms with van der Waals surface area (Å²) in [7, 11) is 0. The number of para-hydroxylation sites is 1. The predicted molar refractivity (Wildman–Crippen MR) is 80.0 cm³/mol. The van der Waals surface area contributed by atoms with Crippen LogP contribution in [0.1, 0.15) is 18.4 Å². The van der Waals surface area contributed by atoms with Crippen molar-refractivity contribution in [1.82, 2.24) is 10.3 Å². The quantitative estimate of drug-likeness (QED) is 0.874. The Morgan fingerprint density at radius 2 is 2.24 bits per heavy atom. The van der Waals surface area contributed by atoms with Gasteiger partial charge in [-0.2, -0.15) is 0 Å². The molecule has 2 unspecified atom stereocenters. The average molecular weight is 304 g/mol. The molecule has 0 bridgehead atoms. The highest BCUT2D eigenvalue weighted by atomic mass is 32.1. The molecular formula is C15H16N2O3S. The van der Waals surface area contributed by atoms with E-state index in [1.54, 1.807) is 6.92 Å². The van der Waals surface area contributed by atoms with Gasteiger partial charge in [0.25, 0.3) is 0 Å². The first-order valence-corrected chi connectivity index (χ1v) is 7.70. The number of carbonyl (C=O) groups is 2. The minimum atomic E-state index is -0.381. The van der Waals surface area contributed by atoms with E-state index in [0.29, 0.717) is 13.0 Å². The Kier molecular flexibility index (Phi) is 3.98. The van der Waals surface area contributed by atoms with E-state index in [4.69, 9.17) is 4.74 Å². The molecule has 110 valence electrons. The van der Waals surface area contributed by atoms with E-state index in [0.717, 1.165) is 15.2 Å². The Hall–Kier alpha value is -1.79. The number of Topliss-reactive ketones (excluding diaryl/α,β-unsaturated/α-hetero) is 1. The van der Waals surface area contributed by atoms with E-state index in [1.165, 1.54) is 11.3 Å². The van der Waals surface area contributed by atoms with Crippen LogP contribution < -0.4 is 5.32 Å². The summed E-state index contributed by atoms with van der Waals surface area (Å²) in [6, 6.07) is 7.44. The number of thiazole rings is 1. The zero-order valence-electron chi connectivity index (χ0n) is 11.7. The van der Waals surface area contributed by atoms with Crippen molar-refractivity contribution in [3.05, 3.63) is 29.3 Å². The molecule has 3 rings (SSSR count). The van der Waals surface area contributed by atoms with Crippen LogP contribution in [0.4, 0.5) is 0 Å². The minimum absolute atomic E-state index is 0.0787. The summed E-state index contributed by atoms with van der Waals surface area (Å²) in [6.07, 6.45) is 0.522. The standard InChI is InChI=1S/C15H16N2O3S/c1-9(18)10-6-12(16-7-10)15(19)20-8-14-17-11-4-2-3-5-13(11)21-14/h2-5,10,12,16H,6-8H2,1H3. The zero-order chi connectivity index (χ0) is 14.8. The van der Waals surface area contributed by atoms with Gasteiger partial charge in [0.15, 0.2) is 0 Å². The normalized spacial score (nSPS) is 21.6. The lowest BCUT2D eigenvalue weighted by atomic mass is 10.0. The fourth-order valence-electron chi connectivity index (χ4n) is 2.44. The van der Waals surface area contributed by atoms with Crippen molar-refractivity contribution in [2.24, 2.45) is 5.92 Å². The second-order valence-corrected chi connectivity index (χ2v) is 6.30. The summed E-state index contributed by atoms with van der Waals surface area (Å²) in [4.78, 5) is 27.7. The van der Waals surface area contributed by atoms with Gasteiger partial charge in [0, 0.05) is 12.5 Å². The lowest BCUT2D eigenvalue weighted by molar-refractivity contribution is -0.147. The molecule has 5 nitrogen and oxygen atoms in total. The SMILES string of the molecule is CC(=O)C1CNC(C(=O)OCc2nc3ccccc3s2)C1. The Balaban J connectivity index is 1.57. The maximum atomic E-state index is 12.0. The van der Waals surface area contributed by atoms with E-state index in [1.807, 2.05) is 24.3 Å². The van der Waals surface area contributed by atoms with Gasteiger partial charge < -0.3 is 10.1 Å². The Bertz CT molecular complexity index is 649. The van der Waals surface area contributed by atoms with Gasteiger partial charge >= 0.3 is 5.97 Å². The van der Waals surface area contributed by atoms with Crippen LogP contribution in [0.5, 0.6) is 0 Å². The molecule has 1 aliphatic heterocycles. The highest BCUT2D eigenvalue weighted by Gasteiger charge is 2.32. The Morgan fingerprint density at radius 1 is 1.43 bits per heavy atom. The van der Waals surface area contributed by atoms with E-state index in [9.17, 15) is 9.59 Å². The summed E-state index contributed by atoms with van der Waals surface area (Å²) in [5.74, 6) is -0.271. The molecule has 0 radical (unpaired) electrons. The van der Waals surface area contributed by atoms with Crippen LogP contribution >= 0.6 is 11.3 Å². The third-order valence-corrected chi connectivity index (χ3v) is 4.68. The fourth-order valence-corrected chi connectivity index (χ4v) is 3.32. The number of benzene rings is 1. The molecule has 2 aromatic rings. The monoisotopic (exact) mass is 304 g/mol. The molecule has 2 heterocycles. The van der Waals surface area contributed by atoms with Crippen LogP contribution in [0.3, 0.4) is 0 Å². The number of ether oxygens (including phenoxy) is 1. The van der Waals surface area contributed by atoms with E-state index in [-0.39, 0.29) is 30.3 Å². The molecule has 6 heteroatoms. The summed E-state index contributed by atoms with van der Waals surface area (Å²) in [5, 5.41) is 3.82. The molecule has 0 amide bonds. The number of esters is 1. The minimum Gasteiger partial charge on any atom is -0.457 e. The first-order valence-electron chi connectivity index (χ1n) is 6.88. The van der Waals surface area contributed by atoms with Crippen LogP contribution in [0.15, 0.2) is 24.3 Å². The number of hydrogen-bond acceptors (Lipinski definition) is 6. The molecule has 0 saturated carbocycles. The van der Waals surface area contributed by atoms with Crippen molar-refractivity contribution in [3.8, 4) is 0 Å². The number of aromatic nitrogens is 1. The van der Waals surface area contributed by atoms with Gasteiger partial charge in [-0.15, -0.1) is 11.3 Å². The first kappa shape index (κ1) is 14.2. The highest BCUT2D eigenvalue weighted by Crippen LogP contribution is 2.22. The molecule has 1 aromatic carbocycles. The van der Waals surface area contributed by atoms with Crippen molar-refractivity contribution in [2.75, 3.05) is 6.54 Å². The van der Waals surface area contributed by atoms with Crippen molar-refractivity contribution in [1.29, 1.82) is 0 Å². The largest absolute Gasteiger partial charge is 0.457 e. The summed E-state index contributed by atoms with van der Waals surface area (Å²) < 4.78 is 6.39. The molecular weight excluding hydrogens is 288 g/mol. The second kappa shape index (κ2) is 5.91. The van der Waals surface area contributed by atoms with Crippen molar-refractivity contribution >= 4 is 33.3 Å². The second-order valence-electron chi connectivity index (χ2n) is 5.19. The Labute approximate surface area is 126 Å². The molecule has 1 N–H and O–H groups in total. The zero-order valence-corrected chi connectivity index (χ0v) is 12.5. The maximum absolute atomic E-state index is 12.0. The van der Waals surface area contributed by atoms with Gasteiger partial charge in [-0.25, -0.2) is 4.98 Å². The number of nitrogens with one attached hydrogen (secondary N) is 1. The Morgan fingerprint density at radius 3 is 2.95 bits per heavy atom. The molecule has 21 heavy (non-hydrogen) atoms. The van der Waals surface area contributed by atoms with E-state index >= 15 is 0 Å². The lowest BCUT2D eigenvalue weighted by Gasteiger charge is -2.09. The number of ketones is 1. The van der Waals surface area contributed by atoms with Gasteiger partial charge in [-0.1, -0.05) is 12.1 Å². The van der Waals surface area contributed by atoms with Gasteiger partial charge in [-0.05, 0) is 25.5 Å². The maximum Gasteiger partial charge on any atom is 0.323 e. The molecule has 0 spiro atoms.